The Labute approximate surface area is 111 Å². The minimum Gasteiger partial charge on any atom is -0.493 e. The van der Waals surface area contributed by atoms with Crippen LogP contribution in [0.5, 0.6) is 5.75 Å². The van der Waals surface area contributed by atoms with E-state index in [1.165, 1.54) is 0 Å². The molecule has 3 nitrogen and oxygen atoms in total. The molecule has 0 saturated heterocycles. The fraction of sp³-hybridized carbons (Fsp3) is 0.538. The molecule has 0 aliphatic heterocycles. The maximum Gasteiger partial charge on any atom is 0.125 e. The highest BCUT2D eigenvalue weighted by atomic mass is 79.9. The predicted octanol–water partition coefficient (Wildman–Crippen LogP) is 3.01. The second-order valence-electron chi connectivity index (χ2n) is 4.88. The van der Waals surface area contributed by atoms with Gasteiger partial charge in [0.2, 0.25) is 0 Å². The molecule has 1 atom stereocenters. The molecule has 1 aromatic rings. The maximum absolute atomic E-state index is 9.61. The summed E-state index contributed by atoms with van der Waals surface area (Å²) in [4.78, 5) is 0. The minimum atomic E-state index is -0.708. The van der Waals surface area contributed by atoms with E-state index in [1.807, 2.05) is 25.1 Å². The molecule has 0 fully saturated rings. The smallest absolute Gasteiger partial charge is 0.125 e. The summed E-state index contributed by atoms with van der Waals surface area (Å²) in [6.45, 7) is 5.93. The van der Waals surface area contributed by atoms with Gasteiger partial charge in [-0.3, -0.25) is 0 Å². The Balaban J connectivity index is 2.72. The average molecular weight is 302 g/mol. The van der Waals surface area contributed by atoms with E-state index in [2.05, 4.69) is 15.9 Å². The van der Waals surface area contributed by atoms with Crippen molar-refractivity contribution in [2.45, 2.75) is 38.8 Å². The first-order chi connectivity index (χ1) is 7.79. The van der Waals surface area contributed by atoms with Crippen LogP contribution in [0.15, 0.2) is 22.7 Å². The summed E-state index contributed by atoms with van der Waals surface area (Å²) in [7, 11) is 0. The van der Waals surface area contributed by atoms with Crippen LogP contribution in [0.2, 0.25) is 0 Å². The molecule has 1 unspecified atom stereocenters. The number of ether oxygens (including phenoxy) is 1. The maximum atomic E-state index is 9.61. The quantitative estimate of drug-likeness (QED) is 0.879. The van der Waals surface area contributed by atoms with Gasteiger partial charge in [0.15, 0.2) is 0 Å². The van der Waals surface area contributed by atoms with Crippen molar-refractivity contribution in [1.29, 1.82) is 0 Å². The zero-order chi connectivity index (χ0) is 13.1. The van der Waals surface area contributed by atoms with Crippen LogP contribution in [0, 0.1) is 0 Å². The van der Waals surface area contributed by atoms with E-state index in [-0.39, 0.29) is 6.04 Å². The lowest BCUT2D eigenvalue weighted by molar-refractivity contribution is 0.0551. The van der Waals surface area contributed by atoms with Crippen LogP contribution in [-0.4, -0.2) is 17.3 Å². The van der Waals surface area contributed by atoms with E-state index in [9.17, 15) is 5.11 Å². The van der Waals surface area contributed by atoms with E-state index in [1.54, 1.807) is 13.8 Å². The molecular weight excluding hydrogens is 282 g/mol. The summed E-state index contributed by atoms with van der Waals surface area (Å²) >= 11 is 3.41. The van der Waals surface area contributed by atoms with Gasteiger partial charge in [-0.05, 0) is 32.9 Å². The fourth-order valence-corrected chi connectivity index (χ4v) is 1.76. The largest absolute Gasteiger partial charge is 0.493 e. The van der Waals surface area contributed by atoms with Gasteiger partial charge in [-0.2, -0.15) is 0 Å². The third-order valence-electron chi connectivity index (χ3n) is 2.44. The Hall–Kier alpha value is -0.580. The molecule has 0 saturated carbocycles. The lowest BCUT2D eigenvalue weighted by Gasteiger charge is -2.19. The standard InChI is InChI=1S/C13H20BrNO2/c1-9(15)11-5-4-10(14)8-12(11)17-7-6-13(2,3)16/h4-5,8-9,16H,6-7,15H2,1-3H3. The van der Waals surface area contributed by atoms with Gasteiger partial charge in [0, 0.05) is 22.5 Å². The first-order valence-electron chi connectivity index (χ1n) is 5.70. The van der Waals surface area contributed by atoms with Crippen molar-refractivity contribution in [3.63, 3.8) is 0 Å². The number of halogens is 1. The Bertz CT molecular complexity index is 372. The highest BCUT2D eigenvalue weighted by Gasteiger charge is 2.14. The molecule has 0 bridgehead atoms. The van der Waals surface area contributed by atoms with Gasteiger partial charge in [0.05, 0.1) is 12.2 Å². The lowest BCUT2D eigenvalue weighted by Crippen LogP contribution is -2.22. The van der Waals surface area contributed by atoms with Crippen LogP contribution >= 0.6 is 15.9 Å². The molecule has 1 rings (SSSR count). The summed E-state index contributed by atoms with van der Waals surface area (Å²) in [5.74, 6) is 0.777. The zero-order valence-corrected chi connectivity index (χ0v) is 12.1. The topological polar surface area (TPSA) is 55.5 Å². The third kappa shape index (κ3) is 5.06. The number of hydrogen-bond donors (Lipinski definition) is 2. The summed E-state index contributed by atoms with van der Waals surface area (Å²) in [6.07, 6.45) is 0.581. The van der Waals surface area contributed by atoms with Gasteiger partial charge >= 0.3 is 0 Å². The van der Waals surface area contributed by atoms with E-state index in [0.29, 0.717) is 13.0 Å². The van der Waals surface area contributed by atoms with Crippen LogP contribution in [0.25, 0.3) is 0 Å². The zero-order valence-electron chi connectivity index (χ0n) is 10.5. The molecule has 0 spiro atoms. The molecule has 0 aliphatic carbocycles. The second kappa shape index (κ2) is 5.85. The molecule has 0 radical (unpaired) electrons. The van der Waals surface area contributed by atoms with Crippen molar-refractivity contribution in [2.75, 3.05) is 6.61 Å². The van der Waals surface area contributed by atoms with E-state index in [0.717, 1.165) is 15.8 Å². The van der Waals surface area contributed by atoms with E-state index >= 15 is 0 Å². The predicted molar refractivity (Wildman–Crippen MR) is 73.2 cm³/mol. The second-order valence-corrected chi connectivity index (χ2v) is 5.80. The number of nitrogens with two attached hydrogens (primary N) is 1. The highest BCUT2D eigenvalue weighted by Crippen LogP contribution is 2.28. The molecule has 0 amide bonds. The fourth-order valence-electron chi connectivity index (χ4n) is 1.42. The van der Waals surface area contributed by atoms with Gasteiger partial charge in [-0.25, -0.2) is 0 Å². The van der Waals surface area contributed by atoms with Crippen molar-refractivity contribution in [2.24, 2.45) is 5.73 Å². The van der Waals surface area contributed by atoms with E-state index < -0.39 is 5.60 Å². The Morgan fingerprint density at radius 1 is 1.47 bits per heavy atom. The summed E-state index contributed by atoms with van der Waals surface area (Å²) in [5, 5.41) is 9.61. The molecule has 1 aromatic carbocycles. The number of hydrogen-bond acceptors (Lipinski definition) is 3. The Morgan fingerprint density at radius 2 is 2.12 bits per heavy atom. The monoisotopic (exact) mass is 301 g/mol. The molecule has 3 N–H and O–H groups in total. The van der Waals surface area contributed by atoms with Crippen molar-refractivity contribution >= 4 is 15.9 Å². The van der Waals surface area contributed by atoms with Crippen molar-refractivity contribution in [3.05, 3.63) is 28.2 Å². The third-order valence-corrected chi connectivity index (χ3v) is 2.93. The van der Waals surface area contributed by atoms with Crippen molar-refractivity contribution < 1.29 is 9.84 Å². The molecule has 0 heterocycles. The first kappa shape index (κ1) is 14.5. The SMILES string of the molecule is CC(N)c1ccc(Br)cc1OCCC(C)(C)O. The average Bonchev–Trinajstić information content (AvgIpc) is 2.15. The molecule has 0 aliphatic rings. The molecule has 17 heavy (non-hydrogen) atoms. The molecule has 0 aromatic heterocycles. The van der Waals surface area contributed by atoms with Crippen LogP contribution in [0.1, 0.15) is 38.8 Å². The van der Waals surface area contributed by atoms with Gasteiger partial charge in [-0.1, -0.05) is 22.0 Å². The van der Waals surface area contributed by atoms with Gasteiger partial charge in [0.25, 0.3) is 0 Å². The Kier molecular flexibility index (Phi) is 4.98. The van der Waals surface area contributed by atoms with Gasteiger partial charge in [-0.15, -0.1) is 0 Å². The first-order valence-corrected chi connectivity index (χ1v) is 6.49. The lowest BCUT2D eigenvalue weighted by atomic mass is 10.1. The molecule has 96 valence electrons. The van der Waals surface area contributed by atoms with Crippen LogP contribution in [-0.2, 0) is 0 Å². The number of benzene rings is 1. The van der Waals surface area contributed by atoms with Crippen molar-refractivity contribution in [1.82, 2.24) is 0 Å². The Morgan fingerprint density at radius 3 is 2.65 bits per heavy atom. The van der Waals surface area contributed by atoms with Crippen LogP contribution in [0.3, 0.4) is 0 Å². The molecule has 4 heteroatoms. The van der Waals surface area contributed by atoms with Crippen LogP contribution < -0.4 is 10.5 Å². The number of rotatable bonds is 5. The summed E-state index contributed by atoms with van der Waals surface area (Å²) in [6, 6.07) is 5.74. The molecular formula is C13H20BrNO2. The van der Waals surface area contributed by atoms with Crippen LogP contribution in [0.4, 0.5) is 0 Å². The van der Waals surface area contributed by atoms with Gasteiger partial charge < -0.3 is 15.6 Å². The number of aliphatic hydroxyl groups is 1. The van der Waals surface area contributed by atoms with Crippen molar-refractivity contribution in [3.8, 4) is 5.75 Å². The van der Waals surface area contributed by atoms with Gasteiger partial charge in [0.1, 0.15) is 5.75 Å². The summed E-state index contributed by atoms with van der Waals surface area (Å²) in [5.41, 5.74) is 6.15. The normalized spacial score (nSPS) is 13.5. The summed E-state index contributed by atoms with van der Waals surface area (Å²) < 4.78 is 6.64. The highest BCUT2D eigenvalue weighted by molar-refractivity contribution is 9.10. The minimum absolute atomic E-state index is 0.0692. The van der Waals surface area contributed by atoms with E-state index in [4.69, 9.17) is 10.5 Å².